The number of benzene rings is 2. The largest absolute Gasteiger partial charge is 0.352 e. The number of nitrogens with one attached hydrogen (secondary N) is 1. The molecule has 0 spiro atoms. The van der Waals surface area contributed by atoms with Crippen molar-refractivity contribution in [1.82, 2.24) is 10.2 Å². The van der Waals surface area contributed by atoms with Crippen LogP contribution in [0.4, 0.5) is 0 Å². The van der Waals surface area contributed by atoms with E-state index in [0.717, 1.165) is 37.9 Å². The van der Waals surface area contributed by atoms with Crippen LogP contribution in [0, 0.1) is 0 Å². The maximum absolute atomic E-state index is 12.7. The molecule has 2 amide bonds. The van der Waals surface area contributed by atoms with Gasteiger partial charge in [0.15, 0.2) is 0 Å². The number of carbonyl (C=O) groups excluding carboxylic acids is 2. The first-order valence-corrected chi connectivity index (χ1v) is 9.85. The fourth-order valence-electron chi connectivity index (χ4n) is 2.90. The van der Waals surface area contributed by atoms with Gasteiger partial charge in [-0.2, -0.15) is 0 Å². The summed E-state index contributed by atoms with van der Waals surface area (Å²) in [6.45, 7) is 6.09. The number of hydrogen-bond acceptors (Lipinski definition) is 2. The molecule has 0 saturated heterocycles. The van der Waals surface area contributed by atoms with E-state index in [0.29, 0.717) is 22.7 Å². The van der Waals surface area contributed by atoms with Gasteiger partial charge in [0, 0.05) is 35.8 Å². The standard InChI is InChI=1S/C22H27ClN2O2/c1-3-14-25(15-4-2)22(27)19-7-5-6-18(16-19)21(26)24-13-12-17-8-10-20(23)11-9-17/h5-11,16H,3-4,12-15H2,1-2H3,(H,24,26). The maximum Gasteiger partial charge on any atom is 0.253 e. The normalized spacial score (nSPS) is 10.5. The van der Waals surface area contributed by atoms with Crippen LogP contribution in [-0.2, 0) is 6.42 Å². The fraction of sp³-hybridized carbons (Fsp3) is 0.364. The molecule has 0 bridgehead atoms. The van der Waals surface area contributed by atoms with Gasteiger partial charge in [-0.25, -0.2) is 0 Å². The van der Waals surface area contributed by atoms with Crippen LogP contribution in [0.2, 0.25) is 5.02 Å². The molecule has 0 fully saturated rings. The van der Waals surface area contributed by atoms with Gasteiger partial charge in [-0.3, -0.25) is 9.59 Å². The molecule has 0 aliphatic rings. The monoisotopic (exact) mass is 386 g/mol. The van der Waals surface area contributed by atoms with Crippen molar-refractivity contribution in [2.24, 2.45) is 0 Å². The molecule has 0 atom stereocenters. The fourth-order valence-corrected chi connectivity index (χ4v) is 3.03. The molecule has 0 aliphatic heterocycles. The molecule has 0 saturated carbocycles. The Morgan fingerprint density at radius 2 is 1.59 bits per heavy atom. The molecule has 144 valence electrons. The van der Waals surface area contributed by atoms with E-state index in [2.05, 4.69) is 19.2 Å². The molecular weight excluding hydrogens is 360 g/mol. The summed E-state index contributed by atoms with van der Waals surface area (Å²) in [5.74, 6) is -0.189. The van der Waals surface area contributed by atoms with Crippen molar-refractivity contribution in [1.29, 1.82) is 0 Å². The molecule has 5 heteroatoms. The van der Waals surface area contributed by atoms with E-state index in [-0.39, 0.29) is 11.8 Å². The molecule has 0 heterocycles. The predicted octanol–water partition coefficient (Wildman–Crippen LogP) is 4.57. The Labute approximate surface area is 166 Å². The van der Waals surface area contributed by atoms with Crippen LogP contribution in [-0.4, -0.2) is 36.3 Å². The molecule has 0 aliphatic carbocycles. The number of halogens is 1. The minimum atomic E-state index is -0.170. The van der Waals surface area contributed by atoms with Crippen molar-refractivity contribution < 1.29 is 9.59 Å². The maximum atomic E-state index is 12.7. The Balaban J connectivity index is 1.97. The van der Waals surface area contributed by atoms with Crippen LogP contribution in [0.3, 0.4) is 0 Å². The summed E-state index contributed by atoms with van der Waals surface area (Å²) in [6.07, 6.45) is 2.55. The lowest BCUT2D eigenvalue weighted by Crippen LogP contribution is -2.33. The SMILES string of the molecule is CCCN(CCC)C(=O)c1cccc(C(=O)NCCc2ccc(Cl)cc2)c1. The zero-order valence-electron chi connectivity index (χ0n) is 16.0. The van der Waals surface area contributed by atoms with Gasteiger partial charge in [-0.1, -0.05) is 43.6 Å². The number of carbonyl (C=O) groups is 2. The Morgan fingerprint density at radius 1 is 0.963 bits per heavy atom. The molecule has 2 rings (SSSR count). The van der Waals surface area contributed by atoms with Crippen LogP contribution in [0.5, 0.6) is 0 Å². The van der Waals surface area contributed by atoms with Crippen molar-refractivity contribution in [3.63, 3.8) is 0 Å². The molecule has 27 heavy (non-hydrogen) atoms. The van der Waals surface area contributed by atoms with E-state index in [1.165, 1.54) is 0 Å². The van der Waals surface area contributed by atoms with Crippen molar-refractivity contribution in [3.05, 3.63) is 70.2 Å². The number of nitrogens with zero attached hydrogens (tertiary/aromatic N) is 1. The molecule has 0 unspecified atom stereocenters. The van der Waals surface area contributed by atoms with Gasteiger partial charge < -0.3 is 10.2 Å². The summed E-state index contributed by atoms with van der Waals surface area (Å²) >= 11 is 5.88. The third-order valence-electron chi connectivity index (χ3n) is 4.26. The summed E-state index contributed by atoms with van der Waals surface area (Å²) in [6, 6.07) is 14.5. The van der Waals surface area contributed by atoms with Gasteiger partial charge in [0.1, 0.15) is 0 Å². The first-order chi connectivity index (χ1) is 13.0. The van der Waals surface area contributed by atoms with E-state index >= 15 is 0 Å². The lowest BCUT2D eigenvalue weighted by atomic mass is 10.1. The topological polar surface area (TPSA) is 49.4 Å². The average Bonchev–Trinajstić information content (AvgIpc) is 2.69. The summed E-state index contributed by atoms with van der Waals surface area (Å²) in [5, 5.41) is 3.61. The molecular formula is C22H27ClN2O2. The van der Waals surface area contributed by atoms with E-state index in [9.17, 15) is 9.59 Å². The van der Waals surface area contributed by atoms with E-state index in [4.69, 9.17) is 11.6 Å². The van der Waals surface area contributed by atoms with Crippen molar-refractivity contribution >= 4 is 23.4 Å². The highest BCUT2D eigenvalue weighted by Crippen LogP contribution is 2.11. The molecule has 0 radical (unpaired) electrons. The summed E-state index contributed by atoms with van der Waals surface area (Å²) < 4.78 is 0. The highest BCUT2D eigenvalue weighted by Gasteiger charge is 2.16. The van der Waals surface area contributed by atoms with E-state index in [1.807, 2.05) is 29.2 Å². The van der Waals surface area contributed by atoms with Gasteiger partial charge in [0.25, 0.3) is 11.8 Å². The molecule has 4 nitrogen and oxygen atoms in total. The second-order valence-corrected chi connectivity index (χ2v) is 6.94. The molecule has 1 N–H and O–H groups in total. The van der Waals surface area contributed by atoms with E-state index in [1.54, 1.807) is 24.3 Å². The van der Waals surface area contributed by atoms with Crippen LogP contribution in [0.25, 0.3) is 0 Å². The zero-order chi connectivity index (χ0) is 19.6. The molecule has 2 aromatic carbocycles. The third-order valence-corrected chi connectivity index (χ3v) is 4.51. The minimum Gasteiger partial charge on any atom is -0.352 e. The molecule has 2 aromatic rings. The van der Waals surface area contributed by atoms with Crippen molar-refractivity contribution in [3.8, 4) is 0 Å². The second-order valence-electron chi connectivity index (χ2n) is 6.51. The quantitative estimate of drug-likeness (QED) is 0.686. The van der Waals surface area contributed by atoms with Crippen LogP contribution >= 0.6 is 11.6 Å². The minimum absolute atomic E-state index is 0.0190. The Hall–Kier alpha value is -2.33. The predicted molar refractivity (Wildman–Crippen MR) is 110 cm³/mol. The Bertz CT molecular complexity index is 753. The van der Waals surface area contributed by atoms with Gasteiger partial charge in [-0.05, 0) is 55.2 Å². The summed E-state index contributed by atoms with van der Waals surface area (Å²) in [5.41, 5.74) is 2.17. The highest BCUT2D eigenvalue weighted by atomic mass is 35.5. The lowest BCUT2D eigenvalue weighted by Gasteiger charge is -2.21. The first kappa shape index (κ1) is 21.0. The van der Waals surface area contributed by atoms with Gasteiger partial charge in [0.2, 0.25) is 0 Å². The van der Waals surface area contributed by atoms with Gasteiger partial charge in [0.05, 0.1) is 0 Å². The smallest absolute Gasteiger partial charge is 0.253 e. The summed E-state index contributed by atoms with van der Waals surface area (Å²) in [7, 11) is 0. The third kappa shape index (κ3) is 6.40. The number of amides is 2. The Kier molecular flexibility index (Phi) is 8.34. The van der Waals surface area contributed by atoms with Crippen molar-refractivity contribution in [2.75, 3.05) is 19.6 Å². The van der Waals surface area contributed by atoms with Crippen LogP contribution < -0.4 is 5.32 Å². The van der Waals surface area contributed by atoms with Crippen molar-refractivity contribution in [2.45, 2.75) is 33.1 Å². The highest BCUT2D eigenvalue weighted by molar-refractivity contribution is 6.30. The summed E-state index contributed by atoms with van der Waals surface area (Å²) in [4.78, 5) is 27.0. The number of rotatable bonds is 9. The first-order valence-electron chi connectivity index (χ1n) is 9.47. The molecule has 0 aromatic heterocycles. The lowest BCUT2D eigenvalue weighted by molar-refractivity contribution is 0.0755. The van der Waals surface area contributed by atoms with Gasteiger partial charge in [-0.15, -0.1) is 0 Å². The van der Waals surface area contributed by atoms with Crippen LogP contribution in [0.1, 0.15) is 53.0 Å². The average molecular weight is 387 g/mol. The van der Waals surface area contributed by atoms with Gasteiger partial charge >= 0.3 is 0 Å². The Morgan fingerprint density at radius 3 is 2.22 bits per heavy atom. The van der Waals surface area contributed by atoms with Crippen LogP contribution in [0.15, 0.2) is 48.5 Å². The zero-order valence-corrected chi connectivity index (χ0v) is 16.8. The van der Waals surface area contributed by atoms with E-state index < -0.39 is 0 Å². The second kappa shape index (κ2) is 10.7. The number of hydrogen-bond donors (Lipinski definition) is 1.